The lowest BCUT2D eigenvalue weighted by molar-refractivity contribution is -0.144. The van der Waals surface area contributed by atoms with Gasteiger partial charge in [-0.05, 0) is 32.6 Å². The zero-order valence-corrected chi connectivity index (χ0v) is 12.6. The number of carboxylic acids is 1. The van der Waals surface area contributed by atoms with Crippen LogP contribution in [0.2, 0.25) is 0 Å². The molecule has 0 unspecified atom stereocenters. The fraction of sp³-hybridized carbons (Fsp3) is 0.786. The quantitative estimate of drug-likeness (QED) is 0.719. The van der Waals surface area contributed by atoms with E-state index in [1.54, 1.807) is 14.0 Å². The van der Waals surface area contributed by atoms with Crippen LogP contribution in [0.25, 0.3) is 0 Å². The van der Waals surface area contributed by atoms with Crippen molar-refractivity contribution in [1.82, 2.24) is 10.2 Å². The van der Waals surface area contributed by atoms with Gasteiger partial charge in [0.15, 0.2) is 0 Å². The summed E-state index contributed by atoms with van der Waals surface area (Å²) in [4.78, 5) is 35.5. The number of hydrogen-bond donors (Lipinski definition) is 2. The molecule has 0 bridgehead atoms. The van der Waals surface area contributed by atoms with Gasteiger partial charge in [0.05, 0.1) is 18.9 Å². The third kappa shape index (κ3) is 6.01. The highest BCUT2D eigenvalue weighted by atomic mass is 16.5. The number of hydrogen-bond acceptors (Lipinski definition) is 4. The van der Waals surface area contributed by atoms with Crippen LogP contribution >= 0.6 is 0 Å². The Morgan fingerprint density at radius 1 is 1.24 bits per heavy atom. The molecule has 0 spiro atoms. The lowest BCUT2D eigenvalue weighted by atomic mass is 9.86. The maximum absolute atomic E-state index is 11.9. The summed E-state index contributed by atoms with van der Waals surface area (Å²) >= 11 is 0. The van der Waals surface area contributed by atoms with Gasteiger partial charge in [-0.15, -0.1) is 0 Å². The molecule has 0 radical (unpaired) electrons. The molecule has 2 amide bonds. The van der Waals surface area contributed by atoms with E-state index in [4.69, 9.17) is 9.84 Å². The van der Waals surface area contributed by atoms with Gasteiger partial charge in [0.1, 0.15) is 0 Å². The molecule has 0 saturated heterocycles. The van der Waals surface area contributed by atoms with E-state index in [1.165, 1.54) is 4.90 Å². The minimum absolute atomic E-state index is 0.0122. The van der Waals surface area contributed by atoms with Gasteiger partial charge in [0.25, 0.3) is 0 Å². The van der Waals surface area contributed by atoms with E-state index >= 15 is 0 Å². The van der Waals surface area contributed by atoms with Crippen molar-refractivity contribution in [3.05, 3.63) is 0 Å². The molecule has 0 atom stereocenters. The normalized spacial score (nSPS) is 21.4. The van der Waals surface area contributed by atoms with Crippen LogP contribution in [0.5, 0.6) is 0 Å². The van der Waals surface area contributed by atoms with Crippen molar-refractivity contribution >= 4 is 18.0 Å². The molecule has 1 rings (SSSR count). The molecular weight excluding hydrogens is 276 g/mol. The Bertz CT molecular complexity index is 378. The first-order valence-electron chi connectivity index (χ1n) is 7.34. The van der Waals surface area contributed by atoms with Crippen LogP contribution in [-0.2, 0) is 14.3 Å². The molecule has 0 aromatic rings. The molecule has 1 fully saturated rings. The zero-order chi connectivity index (χ0) is 15.8. The topological polar surface area (TPSA) is 95.9 Å². The van der Waals surface area contributed by atoms with Gasteiger partial charge >= 0.3 is 18.0 Å². The maximum atomic E-state index is 11.9. The predicted octanol–water partition coefficient (Wildman–Crippen LogP) is 1.22. The van der Waals surface area contributed by atoms with E-state index in [2.05, 4.69) is 5.32 Å². The fourth-order valence-electron chi connectivity index (χ4n) is 2.36. The number of nitrogens with one attached hydrogen (secondary N) is 1. The second kappa shape index (κ2) is 8.49. The van der Waals surface area contributed by atoms with E-state index in [0.717, 1.165) is 0 Å². The van der Waals surface area contributed by atoms with E-state index < -0.39 is 5.97 Å². The highest BCUT2D eigenvalue weighted by Crippen LogP contribution is 2.24. The van der Waals surface area contributed by atoms with Gasteiger partial charge in [-0.3, -0.25) is 9.59 Å². The zero-order valence-electron chi connectivity index (χ0n) is 12.6. The Balaban J connectivity index is 2.27. The van der Waals surface area contributed by atoms with Crippen LogP contribution in [-0.4, -0.2) is 54.2 Å². The van der Waals surface area contributed by atoms with E-state index in [0.29, 0.717) is 38.8 Å². The summed E-state index contributed by atoms with van der Waals surface area (Å²) in [6.45, 7) is 2.37. The average molecular weight is 300 g/mol. The number of rotatable bonds is 6. The van der Waals surface area contributed by atoms with Crippen molar-refractivity contribution < 1.29 is 24.2 Å². The van der Waals surface area contributed by atoms with E-state index in [9.17, 15) is 14.4 Å². The second-order valence-electron chi connectivity index (χ2n) is 5.31. The van der Waals surface area contributed by atoms with Crippen LogP contribution < -0.4 is 5.32 Å². The Morgan fingerprint density at radius 3 is 2.38 bits per heavy atom. The Labute approximate surface area is 124 Å². The monoisotopic (exact) mass is 300 g/mol. The first kappa shape index (κ1) is 17.3. The first-order chi connectivity index (χ1) is 9.93. The van der Waals surface area contributed by atoms with Crippen molar-refractivity contribution in [1.29, 1.82) is 0 Å². The van der Waals surface area contributed by atoms with E-state index in [1.807, 2.05) is 0 Å². The minimum Gasteiger partial charge on any atom is -0.481 e. The van der Waals surface area contributed by atoms with Gasteiger partial charge in [0, 0.05) is 19.6 Å². The number of aliphatic carboxylic acids is 1. The lowest BCUT2D eigenvalue weighted by Gasteiger charge is -2.28. The van der Waals surface area contributed by atoms with Gasteiger partial charge in [-0.25, -0.2) is 4.79 Å². The number of carbonyl (C=O) groups excluding carboxylic acids is 2. The largest absolute Gasteiger partial charge is 0.481 e. The third-order valence-electron chi connectivity index (χ3n) is 3.71. The molecule has 0 heterocycles. The molecule has 0 aromatic heterocycles. The molecule has 0 aromatic carbocycles. The van der Waals surface area contributed by atoms with Gasteiger partial charge < -0.3 is 20.1 Å². The SMILES string of the molecule is CCOC(=O)CCN(C)C(=O)NC1CCC(C(=O)O)CC1. The molecule has 1 aliphatic rings. The number of nitrogens with zero attached hydrogens (tertiary/aromatic N) is 1. The molecule has 2 N–H and O–H groups in total. The van der Waals surface area contributed by atoms with Crippen LogP contribution in [0.3, 0.4) is 0 Å². The molecule has 120 valence electrons. The summed E-state index contributed by atoms with van der Waals surface area (Å²) in [7, 11) is 1.62. The van der Waals surface area contributed by atoms with E-state index in [-0.39, 0.29) is 30.4 Å². The Morgan fingerprint density at radius 2 is 1.86 bits per heavy atom. The minimum atomic E-state index is -0.758. The first-order valence-corrected chi connectivity index (χ1v) is 7.34. The van der Waals surface area contributed by atoms with Crippen molar-refractivity contribution in [3.63, 3.8) is 0 Å². The summed E-state index contributed by atoms with van der Waals surface area (Å²) < 4.78 is 4.80. The molecule has 1 aliphatic carbocycles. The fourth-order valence-corrected chi connectivity index (χ4v) is 2.36. The highest BCUT2D eigenvalue weighted by Gasteiger charge is 2.27. The predicted molar refractivity (Wildman–Crippen MR) is 75.8 cm³/mol. The molecule has 7 nitrogen and oxygen atoms in total. The molecule has 0 aliphatic heterocycles. The summed E-state index contributed by atoms with van der Waals surface area (Å²) in [5, 5.41) is 11.8. The summed E-state index contributed by atoms with van der Waals surface area (Å²) in [5.74, 6) is -1.37. The van der Waals surface area contributed by atoms with Crippen molar-refractivity contribution in [2.45, 2.75) is 45.1 Å². The molecule has 1 saturated carbocycles. The standard InChI is InChI=1S/C14H24N2O5/c1-3-21-12(17)8-9-16(2)14(20)15-11-6-4-10(5-7-11)13(18)19/h10-11H,3-9H2,1-2H3,(H,15,20)(H,18,19). The number of carboxylic acid groups (broad SMARTS) is 1. The molecule has 21 heavy (non-hydrogen) atoms. The van der Waals surface area contributed by atoms with Crippen LogP contribution in [0.15, 0.2) is 0 Å². The lowest BCUT2D eigenvalue weighted by Crippen LogP contribution is -2.45. The summed E-state index contributed by atoms with van der Waals surface area (Å²) in [5.41, 5.74) is 0. The Kier molecular flexibility index (Phi) is 6.98. The number of amides is 2. The van der Waals surface area contributed by atoms with Crippen molar-refractivity contribution in [2.75, 3.05) is 20.2 Å². The van der Waals surface area contributed by atoms with Gasteiger partial charge in [0.2, 0.25) is 0 Å². The Hall–Kier alpha value is -1.79. The van der Waals surface area contributed by atoms with Crippen LogP contribution in [0, 0.1) is 5.92 Å². The average Bonchev–Trinajstić information content (AvgIpc) is 2.45. The summed E-state index contributed by atoms with van der Waals surface area (Å²) in [6, 6.07) is -0.226. The number of urea groups is 1. The number of carbonyl (C=O) groups is 3. The maximum Gasteiger partial charge on any atom is 0.317 e. The molecular formula is C14H24N2O5. The molecule has 7 heteroatoms. The van der Waals surface area contributed by atoms with Gasteiger partial charge in [-0.1, -0.05) is 0 Å². The smallest absolute Gasteiger partial charge is 0.317 e. The number of ether oxygens (including phenoxy) is 1. The van der Waals surface area contributed by atoms with Crippen molar-refractivity contribution in [3.8, 4) is 0 Å². The van der Waals surface area contributed by atoms with Crippen LogP contribution in [0.1, 0.15) is 39.0 Å². The highest BCUT2D eigenvalue weighted by molar-refractivity contribution is 5.75. The van der Waals surface area contributed by atoms with Crippen LogP contribution in [0.4, 0.5) is 4.79 Å². The third-order valence-corrected chi connectivity index (χ3v) is 3.71. The van der Waals surface area contributed by atoms with Gasteiger partial charge in [-0.2, -0.15) is 0 Å². The summed E-state index contributed by atoms with van der Waals surface area (Å²) in [6.07, 6.45) is 2.70. The van der Waals surface area contributed by atoms with Crippen molar-refractivity contribution in [2.24, 2.45) is 5.92 Å². The second-order valence-corrected chi connectivity index (χ2v) is 5.31. The number of esters is 1.